The zero-order valence-corrected chi connectivity index (χ0v) is 9.99. The van der Waals surface area contributed by atoms with Gasteiger partial charge in [-0.05, 0) is 6.07 Å². The fraction of sp³-hybridized carbons (Fsp3) is 0.385. The lowest BCUT2D eigenvalue weighted by atomic mass is 10.1. The number of hydrogen-bond donors (Lipinski definition) is 1. The molecule has 1 saturated heterocycles. The van der Waals surface area contributed by atoms with Crippen molar-refractivity contribution in [2.75, 3.05) is 31.3 Å². The number of fused-ring (bicyclic) bond motifs is 1. The fourth-order valence-corrected chi connectivity index (χ4v) is 2.34. The van der Waals surface area contributed by atoms with Gasteiger partial charge in [-0.1, -0.05) is 18.2 Å². The van der Waals surface area contributed by atoms with Gasteiger partial charge in [0.1, 0.15) is 0 Å². The van der Waals surface area contributed by atoms with E-state index in [1.165, 1.54) is 0 Å². The Morgan fingerprint density at radius 2 is 2.28 bits per heavy atom. The minimum absolute atomic E-state index is 0.00800. The van der Waals surface area contributed by atoms with Gasteiger partial charge in [-0.2, -0.15) is 10.2 Å². The Labute approximate surface area is 105 Å². The van der Waals surface area contributed by atoms with E-state index in [0.29, 0.717) is 13.2 Å². The van der Waals surface area contributed by atoms with Crippen LogP contribution in [0.4, 0.5) is 5.69 Å². The molecular formula is C13H15N3O2. The molecule has 0 radical (unpaired) electrons. The van der Waals surface area contributed by atoms with Gasteiger partial charge in [-0.15, -0.1) is 0 Å². The van der Waals surface area contributed by atoms with Crippen molar-refractivity contribution < 1.29 is 9.84 Å². The largest absolute Gasteiger partial charge is 0.394 e. The van der Waals surface area contributed by atoms with Crippen LogP contribution in [0.3, 0.4) is 0 Å². The SMILES string of the molecule is OCC1COCCN1c1cnnc2ccccc12. The Balaban J connectivity index is 2.07. The molecule has 1 aromatic carbocycles. The second kappa shape index (κ2) is 4.88. The fourth-order valence-electron chi connectivity index (χ4n) is 2.34. The topological polar surface area (TPSA) is 58.5 Å². The van der Waals surface area contributed by atoms with E-state index in [1.54, 1.807) is 6.20 Å². The standard InChI is InChI=1S/C13H15N3O2/c17-8-10-9-18-6-5-16(10)13-7-14-15-12-4-2-1-3-11(12)13/h1-4,7,10,17H,5-6,8-9H2. The molecule has 0 saturated carbocycles. The normalized spacial score (nSPS) is 20.3. The van der Waals surface area contributed by atoms with Gasteiger partial charge >= 0.3 is 0 Å². The minimum Gasteiger partial charge on any atom is -0.394 e. The van der Waals surface area contributed by atoms with Gasteiger partial charge in [0.2, 0.25) is 0 Å². The predicted molar refractivity (Wildman–Crippen MR) is 68.6 cm³/mol. The van der Waals surface area contributed by atoms with E-state index in [1.807, 2.05) is 24.3 Å². The van der Waals surface area contributed by atoms with Crippen LogP contribution < -0.4 is 4.90 Å². The monoisotopic (exact) mass is 245 g/mol. The lowest BCUT2D eigenvalue weighted by molar-refractivity contribution is 0.0728. The number of aliphatic hydroxyl groups is 1. The average Bonchev–Trinajstić information content (AvgIpc) is 2.46. The lowest BCUT2D eigenvalue weighted by Crippen LogP contribution is -2.47. The van der Waals surface area contributed by atoms with Gasteiger partial charge in [-0.25, -0.2) is 0 Å². The molecule has 18 heavy (non-hydrogen) atoms. The predicted octanol–water partition coefficient (Wildman–Crippen LogP) is 0.827. The van der Waals surface area contributed by atoms with E-state index in [0.717, 1.165) is 23.1 Å². The number of aliphatic hydroxyl groups excluding tert-OH is 1. The van der Waals surface area contributed by atoms with Crippen molar-refractivity contribution in [1.82, 2.24) is 10.2 Å². The summed E-state index contributed by atoms with van der Waals surface area (Å²) < 4.78 is 5.40. The van der Waals surface area contributed by atoms with E-state index >= 15 is 0 Å². The van der Waals surface area contributed by atoms with Crippen molar-refractivity contribution in [2.45, 2.75) is 6.04 Å². The molecule has 5 nitrogen and oxygen atoms in total. The van der Waals surface area contributed by atoms with Crippen LogP contribution in [0.5, 0.6) is 0 Å². The highest BCUT2D eigenvalue weighted by molar-refractivity contribution is 5.90. The number of aromatic nitrogens is 2. The molecule has 5 heteroatoms. The first-order valence-corrected chi connectivity index (χ1v) is 6.06. The Morgan fingerprint density at radius 1 is 1.39 bits per heavy atom. The van der Waals surface area contributed by atoms with Crippen LogP contribution in [0.2, 0.25) is 0 Å². The maximum absolute atomic E-state index is 9.44. The Hall–Kier alpha value is -1.72. The second-order valence-electron chi connectivity index (χ2n) is 4.35. The molecular weight excluding hydrogens is 230 g/mol. The summed E-state index contributed by atoms with van der Waals surface area (Å²) >= 11 is 0. The summed E-state index contributed by atoms with van der Waals surface area (Å²) in [4.78, 5) is 2.15. The highest BCUT2D eigenvalue weighted by Gasteiger charge is 2.24. The molecule has 1 aliphatic heterocycles. The van der Waals surface area contributed by atoms with Gasteiger partial charge in [-0.3, -0.25) is 0 Å². The first kappa shape index (κ1) is 11.4. The quantitative estimate of drug-likeness (QED) is 0.849. The molecule has 3 rings (SSSR count). The summed E-state index contributed by atoms with van der Waals surface area (Å²) in [5.74, 6) is 0. The van der Waals surface area contributed by atoms with Crippen LogP contribution in [0.15, 0.2) is 30.5 Å². The molecule has 1 aromatic heterocycles. The Bertz CT molecular complexity index is 541. The maximum atomic E-state index is 9.44. The second-order valence-corrected chi connectivity index (χ2v) is 4.35. The third-order valence-corrected chi connectivity index (χ3v) is 3.27. The molecule has 94 valence electrons. The van der Waals surface area contributed by atoms with Crippen molar-refractivity contribution in [1.29, 1.82) is 0 Å². The van der Waals surface area contributed by atoms with Gasteiger partial charge in [0.25, 0.3) is 0 Å². The zero-order valence-electron chi connectivity index (χ0n) is 9.99. The smallest absolute Gasteiger partial charge is 0.0950 e. The third kappa shape index (κ3) is 1.91. The molecule has 0 spiro atoms. The number of nitrogens with zero attached hydrogens (tertiary/aromatic N) is 3. The van der Waals surface area contributed by atoms with Crippen LogP contribution in [-0.4, -0.2) is 47.7 Å². The van der Waals surface area contributed by atoms with Gasteiger partial charge in [0, 0.05) is 11.9 Å². The Morgan fingerprint density at radius 3 is 3.17 bits per heavy atom. The zero-order chi connectivity index (χ0) is 12.4. The number of benzene rings is 1. The third-order valence-electron chi connectivity index (χ3n) is 3.27. The summed E-state index contributed by atoms with van der Waals surface area (Å²) in [5.41, 5.74) is 1.89. The number of morpholine rings is 1. The number of rotatable bonds is 2. The highest BCUT2D eigenvalue weighted by atomic mass is 16.5. The molecule has 0 bridgehead atoms. The van der Waals surface area contributed by atoms with Gasteiger partial charge in [0.15, 0.2) is 0 Å². The van der Waals surface area contributed by atoms with Crippen LogP contribution in [-0.2, 0) is 4.74 Å². The summed E-state index contributed by atoms with van der Waals surface area (Å²) in [6.07, 6.45) is 1.76. The van der Waals surface area contributed by atoms with E-state index in [4.69, 9.17) is 4.74 Å². The van der Waals surface area contributed by atoms with Crippen LogP contribution in [0.1, 0.15) is 0 Å². The van der Waals surface area contributed by atoms with Crippen molar-refractivity contribution in [3.05, 3.63) is 30.5 Å². The van der Waals surface area contributed by atoms with E-state index in [-0.39, 0.29) is 12.6 Å². The highest BCUT2D eigenvalue weighted by Crippen LogP contribution is 2.26. The summed E-state index contributed by atoms with van der Waals surface area (Å²) in [7, 11) is 0. The number of ether oxygens (including phenoxy) is 1. The van der Waals surface area contributed by atoms with Gasteiger partial charge in [0.05, 0.1) is 43.3 Å². The van der Waals surface area contributed by atoms with E-state index in [9.17, 15) is 5.11 Å². The number of anilines is 1. The first-order chi connectivity index (χ1) is 8.90. The molecule has 0 amide bonds. The van der Waals surface area contributed by atoms with Crippen molar-refractivity contribution in [2.24, 2.45) is 0 Å². The van der Waals surface area contributed by atoms with Crippen molar-refractivity contribution in [3.8, 4) is 0 Å². The summed E-state index contributed by atoms with van der Waals surface area (Å²) in [5, 5.41) is 18.7. The first-order valence-electron chi connectivity index (χ1n) is 6.06. The van der Waals surface area contributed by atoms with Crippen LogP contribution in [0, 0.1) is 0 Å². The molecule has 1 fully saturated rings. The van der Waals surface area contributed by atoms with Crippen molar-refractivity contribution in [3.63, 3.8) is 0 Å². The molecule has 0 aliphatic carbocycles. The minimum atomic E-state index is -0.00800. The molecule has 2 heterocycles. The maximum Gasteiger partial charge on any atom is 0.0950 e. The van der Waals surface area contributed by atoms with Crippen LogP contribution >= 0.6 is 0 Å². The molecule has 1 unspecified atom stereocenters. The molecule has 1 N–H and O–H groups in total. The summed E-state index contributed by atoms with van der Waals surface area (Å²) in [6, 6.07) is 7.90. The lowest BCUT2D eigenvalue weighted by Gasteiger charge is -2.36. The molecule has 2 aromatic rings. The van der Waals surface area contributed by atoms with Crippen molar-refractivity contribution >= 4 is 16.6 Å². The van der Waals surface area contributed by atoms with Crippen LogP contribution in [0.25, 0.3) is 10.9 Å². The van der Waals surface area contributed by atoms with E-state index in [2.05, 4.69) is 15.1 Å². The molecule has 1 aliphatic rings. The Kier molecular flexibility index (Phi) is 3.08. The molecule has 1 atom stereocenters. The number of hydrogen-bond acceptors (Lipinski definition) is 5. The summed E-state index contributed by atoms with van der Waals surface area (Å²) in [6.45, 7) is 2.07. The average molecular weight is 245 g/mol. The van der Waals surface area contributed by atoms with E-state index < -0.39 is 0 Å². The van der Waals surface area contributed by atoms with Gasteiger partial charge < -0.3 is 14.7 Å².